The van der Waals surface area contributed by atoms with Crippen LogP contribution in [0.1, 0.15) is 38.2 Å². The van der Waals surface area contributed by atoms with Crippen molar-refractivity contribution in [3.05, 3.63) is 11.8 Å². The van der Waals surface area contributed by atoms with Crippen molar-refractivity contribution in [3.8, 4) is 0 Å². The van der Waals surface area contributed by atoms with Gasteiger partial charge in [-0.1, -0.05) is 19.8 Å². The summed E-state index contributed by atoms with van der Waals surface area (Å²) in [6.07, 6.45) is 6.18. The second-order valence-corrected chi connectivity index (χ2v) is 4.44. The average molecular weight is 222 g/mol. The van der Waals surface area contributed by atoms with Crippen LogP contribution in [0.2, 0.25) is 0 Å². The van der Waals surface area contributed by atoms with Crippen LogP contribution in [0, 0.1) is 0 Å². The van der Waals surface area contributed by atoms with Gasteiger partial charge in [0.2, 0.25) is 5.91 Å². The molecule has 1 aromatic rings. The molecule has 2 rings (SSSR count). The number of carbonyl (C=O) groups excluding carboxylic acids is 1. The SMILES string of the molecule is CCc1cn[nH]c1NC(=O)C1(N)CCCC1. The third kappa shape index (κ3) is 1.95. The summed E-state index contributed by atoms with van der Waals surface area (Å²) in [6, 6.07) is 0. The van der Waals surface area contributed by atoms with Gasteiger partial charge < -0.3 is 11.1 Å². The number of H-pyrrole nitrogens is 1. The first-order valence-corrected chi connectivity index (χ1v) is 5.78. The Bertz CT molecular complexity index is 379. The Morgan fingerprint density at radius 2 is 2.31 bits per heavy atom. The van der Waals surface area contributed by atoms with Crippen LogP contribution >= 0.6 is 0 Å². The molecule has 0 atom stereocenters. The highest BCUT2D eigenvalue weighted by molar-refractivity contribution is 5.97. The lowest BCUT2D eigenvalue weighted by molar-refractivity contribution is -0.121. The zero-order valence-corrected chi connectivity index (χ0v) is 9.55. The van der Waals surface area contributed by atoms with Crippen molar-refractivity contribution in [2.24, 2.45) is 5.73 Å². The van der Waals surface area contributed by atoms with Crippen molar-refractivity contribution < 1.29 is 4.79 Å². The Morgan fingerprint density at radius 1 is 1.62 bits per heavy atom. The van der Waals surface area contributed by atoms with Crippen LogP contribution in [0.25, 0.3) is 0 Å². The Labute approximate surface area is 94.8 Å². The van der Waals surface area contributed by atoms with Gasteiger partial charge in [-0.2, -0.15) is 5.10 Å². The molecule has 1 heterocycles. The number of nitrogens with zero attached hydrogens (tertiary/aromatic N) is 1. The number of aromatic nitrogens is 2. The van der Waals surface area contributed by atoms with E-state index in [9.17, 15) is 4.79 Å². The molecule has 0 saturated heterocycles. The van der Waals surface area contributed by atoms with Crippen molar-refractivity contribution in [2.45, 2.75) is 44.6 Å². The summed E-state index contributed by atoms with van der Waals surface area (Å²) in [7, 11) is 0. The fraction of sp³-hybridized carbons (Fsp3) is 0.636. The number of anilines is 1. The van der Waals surface area contributed by atoms with Gasteiger partial charge in [-0.05, 0) is 19.3 Å². The van der Waals surface area contributed by atoms with Gasteiger partial charge in [0, 0.05) is 5.56 Å². The molecule has 16 heavy (non-hydrogen) atoms. The number of nitrogens with two attached hydrogens (primary N) is 1. The molecule has 5 nitrogen and oxygen atoms in total. The van der Waals surface area contributed by atoms with E-state index in [1.165, 1.54) is 0 Å². The summed E-state index contributed by atoms with van der Waals surface area (Å²) in [5.41, 5.74) is 6.39. The quantitative estimate of drug-likeness (QED) is 0.718. The molecule has 1 aliphatic carbocycles. The van der Waals surface area contributed by atoms with Gasteiger partial charge in [0.05, 0.1) is 11.7 Å². The predicted molar refractivity (Wildman–Crippen MR) is 62.0 cm³/mol. The second-order valence-electron chi connectivity index (χ2n) is 4.44. The molecule has 88 valence electrons. The molecule has 1 fully saturated rings. The number of nitrogens with one attached hydrogen (secondary N) is 2. The van der Waals surface area contributed by atoms with E-state index < -0.39 is 5.54 Å². The summed E-state index contributed by atoms with van der Waals surface area (Å²) in [6.45, 7) is 2.02. The Balaban J connectivity index is 2.07. The summed E-state index contributed by atoms with van der Waals surface area (Å²) in [5, 5.41) is 9.55. The van der Waals surface area contributed by atoms with Crippen molar-refractivity contribution >= 4 is 11.7 Å². The van der Waals surface area contributed by atoms with E-state index in [2.05, 4.69) is 15.5 Å². The lowest BCUT2D eigenvalue weighted by Gasteiger charge is -2.21. The maximum atomic E-state index is 12.0. The Kier molecular flexibility index (Phi) is 2.96. The molecule has 0 bridgehead atoms. The smallest absolute Gasteiger partial charge is 0.245 e. The zero-order chi connectivity index (χ0) is 11.6. The summed E-state index contributed by atoms with van der Waals surface area (Å²) in [5.74, 6) is 0.591. The topological polar surface area (TPSA) is 83.8 Å². The number of hydrogen-bond acceptors (Lipinski definition) is 3. The summed E-state index contributed by atoms with van der Waals surface area (Å²) >= 11 is 0. The van der Waals surface area contributed by atoms with Crippen molar-refractivity contribution in [1.82, 2.24) is 10.2 Å². The maximum absolute atomic E-state index is 12.0. The van der Waals surface area contributed by atoms with Gasteiger partial charge in [0.25, 0.3) is 0 Å². The van der Waals surface area contributed by atoms with Crippen molar-refractivity contribution in [3.63, 3.8) is 0 Å². The third-order valence-electron chi connectivity index (χ3n) is 3.29. The highest BCUT2D eigenvalue weighted by Crippen LogP contribution is 2.28. The first-order chi connectivity index (χ1) is 7.65. The van der Waals surface area contributed by atoms with Gasteiger partial charge in [-0.25, -0.2) is 0 Å². The lowest BCUT2D eigenvalue weighted by atomic mass is 9.98. The van der Waals surface area contributed by atoms with E-state index >= 15 is 0 Å². The molecule has 1 aromatic heterocycles. The number of rotatable bonds is 3. The maximum Gasteiger partial charge on any atom is 0.245 e. The van der Waals surface area contributed by atoms with Gasteiger partial charge in [0.1, 0.15) is 5.82 Å². The van der Waals surface area contributed by atoms with Crippen LogP contribution in [0.4, 0.5) is 5.82 Å². The molecule has 0 aliphatic heterocycles. The highest BCUT2D eigenvalue weighted by Gasteiger charge is 2.37. The monoisotopic (exact) mass is 222 g/mol. The van der Waals surface area contributed by atoms with E-state index in [0.717, 1.165) is 37.7 Å². The van der Waals surface area contributed by atoms with Crippen molar-refractivity contribution in [2.75, 3.05) is 5.32 Å². The third-order valence-corrected chi connectivity index (χ3v) is 3.29. The molecule has 1 saturated carbocycles. The van der Waals surface area contributed by atoms with E-state index in [-0.39, 0.29) is 5.91 Å². The fourth-order valence-electron chi connectivity index (χ4n) is 2.16. The molecule has 1 aliphatic rings. The van der Waals surface area contributed by atoms with Gasteiger partial charge in [-0.3, -0.25) is 9.89 Å². The van der Waals surface area contributed by atoms with Crippen LogP contribution in [0.3, 0.4) is 0 Å². The first-order valence-electron chi connectivity index (χ1n) is 5.78. The minimum atomic E-state index is -0.684. The highest BCUT2D eigenvalue weighted by atomic mass is 16.2. The molecular weight excluding hydrogens is 204 g/mol. The standard InChI is InChI=1S/C11H18N4O/c1-2-8-7-13-15-9(8)14-10(16)11(12)5-3-4-6-11/h7H,2-6,12H2,1H3,(H2,13,14,15,16). The van der Waals surface area contributed by atoms with Crippen LogP contribution in [0.15, 0.2) is 6.20 Å². The minimum Gasteiger partial charge on any atom is -0.317 e. The number of amides is 1. The van der Waals surface area contributed by atoms with Crippen LogP contribution in [0.5, 0.6) is 0 Å². The van der Waals surface area contributed by atoms with Gasteiger partial charge in [-0.15, -0.1) is 0 Å². The molecular formula is C11H18N4O. The lowest BCUT2D eigenvalue weighted by Crippen LogP contribution is -2.48. The van der Waals surface area contributed by atoms with Crippen LogP contribution in [-0.4, -0.2) is 21.6 Å². The first kappa shape index (κ1) is 11.1. The molecule has 0 unspecified atom stereocenters. The van der Waals surface area contributed by atoms with Gasteiger partial charge in [0.15, 0.2) is 0 Å². The molecule has 5 heteroatoms. The summed E-state index contributed by atoms with van der Waals surface area (Å²) in [4.78, 5) is 12.0. The second kappa shape index (κ2) is 4.25. The molecule has 0 aromatic carbocycles. The molecule has 0 radical (unpaired) electrons. The number of carbonyl (C=O) groups is 1. The van der Waals surface area contributed by atoms with Crippen LogP contribution in [-0.2, 0) is 11.2 Å². The van der Waals surface area contributed by atoms with Crippen LogP contribution < -0.4 is 11.1 Å². The number of aryl methyl sites for hydroxylation is 1. The fourth-order valence-corrected chi connectivity index (χ4v) is 2.16. The van der Waals surface area contributed by atoms with E-state index in [4.69, 9.17) is 5.73 Å². The zero-order valence-electron chi connectivity index (χ0n) is 9.55. The normalized spacial score (nSPS) is 18.6. The van der Waals surface area contributed by atoms with E-state index in [1.54, 1.807) is 6.20 Å². The van der Waals surface area contributed by atoms with E-state index in [1.807, 2.05) is 6.92 Å². The van der Waals surface area contributed by atoms with Crippen molar-refractivity contribution in [1.29, 1.82) is 0 Å². The number of aromatic amines is 1. The largest absolute Gasteiger partial charge is 0.317 e. The Hall–Kier alpha value is -1.36. The molecule has 0 spiro atoms. The summed E-state index contributed by atoms with van der Waals surface area (Å²) < 4.78 is 0. The predicted octanol–water partition coefficient (Wildman–Crippen LogP) is 1.18. The molecule has 4 N–H and O–H groups in total. The minimum absolute atomic E-state index is 0.0936. The molecule has 1 amide bonds. The average Bonchev–Trinajstić information content (AvgIpc) is 2.87. The van der Waals surface area contributed by atoms with Gasteiger partial charge >= 0.3 is 0 Å². The van der Waals surface area contributed by atoms with E-state index in [0.29, 0.717) is 5.82 Å². The number of hydrogen-bond donors (Lipinski definition) is 3. The Morgan fingerprint density at radius 3 is 2.94 bits per heavy atom.